The maximum Gasteiger partial charge on any atom is 0.416 e. The third kappa shape index (κ3) is 4.88. The summed E-state index contributed by atoms with van der Waals surface area (Å²) in [6.07, 6.45) is -4.42. The molecule has 0 atom stereocenters. The van der Waals surface area contributed by atoms with Crippen LogP contribution in [0.5, 0.6) is 11.5 Å². The van der Waals surface area contributed by atoms with E-state index in [1.165, 1.54) is 29.2 Å². The normalized spacial score (nSPS) is 13.5. The van der Waals surface area contributed by atoms with E-state index in [4.69, 9.17) is 4.74 Å². The van der Waals surface area contributed by atoms with E-state index < -0.39 is 11.7 Å². The van der Waals surface area contributed by atoms with Crippen molar-refractivity contribution in [1.82, 2.24) is 10.2 Å². The highest BCUT2D eigenvalue weighted by Gasteiger charge is 2.30. The molecule has 0 saturated carbocycles. The largest absolute Gasteiger partial charge is 0.508 e. The lowest BCUT2D eigenvalue weighted by Crippen LogP contribution is -2.40. The number of fused-ring (bicyclic) bond motifs is 1. The number of aromatic hydroxyl groups is 1. The number of ether oxygens (including phenoxy) is 1. The first kappa shape index (κ1) is 19.4. The van der Waals surface area contributed by atoms with Crippen molar-refractivity contribution < 1.29 is 27.8 Å². The number of nitrogens with zero attached hydrogens (tertiary/aromatic N) is 1. The van der Waals surface area contributed by atoms with E-state index in [1.54, 1.807) is 6.07 Å². The summed E-state index contributed by atoms with van der Waals surface area (Å²) in [5.41, 5.74) is 0.221. The second-order valence-corrected chi connectivity index (χ2v) is 6.10. The van der Waals surface area contributed by atoms with Crippen LogP contribution < -0.4 is 10.1 Å². The molecular weight excluding hydrogens is 373 g/mol. The molecule has 0 saturated heterocycles. The Balaban J connectivity index is 1.58. The molecule has 0 spiro atoms. The first-order valence-electron chi connectivity index (χ1n) is 8.46. The number of carbonyl (C=O) groups is 1. The van der Waals surface area contributed by atoms with Crippen molar-refractivity contribution in [3.8, 4) is 23.3 Å². The molecule has 8 heteroatoms. The standard InChI is InChI=1S/C20H17F3N2O3/c21-20(22,23)16-5-1-3-14(11-16)4-2-8-24-19(27)25-9-10-28-18-12-17(26)7-6-15(18)13-25/h1,3,5-7,11-12,26H,8-10,13H2,(H,24,27). The first-order valence-corrected chi connectivity index (χ1v) is 8.46. The van der Waals surface area contributed by atoms with Crippen molar-refractivity contribution in [1.29, 1.82) is 0 Å². The minimum Gasteiger partial charge on any atom is -0.508 e. The van der Waals surface area contributed by atoms with E-state index >= 15 is 0 Å². The van der Waals surface area contributed by atoms with Crippen molar-refractivity contribution in [3.05, 3.63) is 59.2 Å². The number of amides is 2. The molecule has 0 unspecified atom stereocenters. The first-order chi connectivity index (χ1) is 13.3. The third-order valence-corrected chi connectivity index (χ3v) is 4.07. The number of rotatable bonds is 1. The highest BCUT2D eigenvalue weighted by atomic mass is 19.4. The van der Waals surface area contributed by atoms with Gasteiger partial charge in [-0.05, 0) is 30.3 Å². The summed E-state index contributed by atoms with van der Waals surface area (Å²) >= 11 is 0. The van der Waals surface area contributed by atoms with Gasteiger partial charge in [-0.3, -0.25) is 0 Å². The minimum absolute atomic E-state index is 0.00509. The molecule has 0 bridgehead atoms. The lowest BCUT2D eigenvalue weighted by atomic mass is 10.1. The lowest BCUT2D eigenvalue weighted by Gasteiger charge is -2.19. The maximum absolute atomic E-state index is 12.7. The van der Waals surface area contributed by atoms with Gasteiger partial charge >= 0.3 is 12.2 Å². The topological polar surface area (TPSA) is 61.8 Å². The Kier molecular flexibility index (Phi) is 5.64. The molecule has 1 heterocycles. The van der Waals surface area contributed by atoms with Gasteiger partial charge in [0.25, 0.3) is 0 Å². The van der Waals surface area contributed by atoms with Crippen LogP contribution in [0.3, 0.4) is 0 Å². The zero-order valence-corrected chi connectivity index (χ0v) is 14.7. The van der Waals surface area contributed by atoms with Crippen LogP contribution in [-0.4, -0.2) is 35.7 Å². The fraction of sp³-hybridized carbons (Fsp3) is 0.250. The van der Waals surface area contributed by atoms with Gasteiger partial charge in [0, 0.05) is 17.2 Å². The van der Waals surface area contributed by atoms with E-state index in [1.807, 2.05) is 0 Å². The number of alkyl halides is 3. The minimum atomic E-state index is -4.42. The summed E-state index contributed by atoms with van der Waals surface area (Å²) in [7, 11) is 0. The third-order valence-electron chi connectivity index (χ3n) is 4.07. The van der Waals surface area contributed by atoms with Crippen molar-refractivity contribution >= 4 is 6.03 Å². The lowest BCUT2D eigenvalue weighted by molar-refractivity contribution is -0.137. The van der Waals surface area contributed by atoms with E-state index in [0.717, 1.165) is 17.7 Å². The van der Waals surface area contributed by atoms with Gasteiger partial charge < -0.3 is 20.1 Å². The van der Waals surface area contributed by atoms with Gasteiger partial charge in [0.1, 0.15) is 18.1 Å². The quantitative estimate of drug-likeness (QED) is 0.734. The molecule has 0 fully saturated rings. The van der Waals surface area contributed by atoms with Crippen molar-refractivity contribution in [2.24, 2.45) is 0 Å². The molecular formula is C20H17F3N2O3. The molecule has 1 aliphatic heterocycles. The molecule has 2 aromatic carbocycles. The highest BCUT2D eigenvalue weighted by molar-refractivity contribution is 5.74. The Hall–Kier alpha value is -3.34. The van der Waals surface area contributed by atoms with Crippen LogP contribution in [0.15, 0.2) is 42.5 Å². The Labute approximate surface area is 159 Å². The van der Waals surface area contributed by atoms with Crippen LogP contribution in [0.4, 0.5) is 18.0 Å². The number of hydrogen-bond acceptors (Lipinski definition) is 3. The smallest absolute Gasteiger partial charge is 0.416 e. The molecule has 2 aromatic rings. The van der Waals surface area contributed by atoms with E-state index in [9.17, 15) is 23.1 Å². The Morgan fingerprint density at radius 1 is 1.25 bits per heavy atom. The Bertz CT molecular complexity index is 932. The molecule has 1 aliphatic rings. The number of benzene rings is 2. The fourth-order valence-corrected chi connectivity index (χ4v) is 2.68. The fourth-order valence-electron chi connectivity index (χ4n) is 2.68. The van der Waals surface area contributed by atoms with Gasteiger partial charge in [-0.1, -0.05) is 17.9 Å². The van der Waals surface area contributed by atoms with E-state index in [0.29, 0.717) is 18.8 Å². The molecule has 5 nitrogen and oxygen atoms in total. The van der Waals surface area contributed by atoms with Crippen LogP contribution in [-0.2, 0) is 12.7 Å². The van der Waals surface area contributed by atoms with Crippen molar-refractivity contribution in [2.75, 3.05) is 19.7 Å². The van der Waals surface area contributed by atoms with Crippen LogP contribution in [0.25, 0.3) is 0 Å². The summed E-state index contributed by atoms with van der Waals surface area (Å²) in [4.78, 5) is 13.9. The van der Waals surface area contributed by atoms with Gasteiger partial charge in [-0.15, -0.1) is 0 Å². The van der Waals surface area contributed by atoms with Gasteiger partial charge in [0.2, 0.25) is 0 Å². The van der Waals surface area contributed by atoms with Gasteiger partial charge in [0.15, 0.2) is 0 Å². The summed E-state index contributed by atoms with van der Waals surface area (Å²) in [6, 6.07) is 9.05. The second-order valence-electron chi connectivity index (χ2n) is 6.10. The number of phenols is 1. The van der Waals surface area contributed by atoms with Crippen LogP contribution in [0, 0.1) is 11.8 Å². The van der Waals surface area contributed by atoms with Gasteiger partial charge in [0.05, 0.1) is 25.2 Å². The monoisotopic (exact) mass is 390 g/mol. The summed E-state index contributed by atoms with van der Waals surface area (Å²) in [5.74, 6) is 5.88. The highest BCUT2D eigenvalue weighted by Crippen LogP contribution is 2.29. The van der Waals surface area contributed by atoms with Gasteiger partial charge in [-0.25, -0.2) is 4.79 Å². The summed E-state index contributed by atoms with van der Waals surface area (Å²) in [6.45, 7) is 0.930. The van der Waals surface area contributed by atoms with E-state index in [-0.39, 0.29) is 30.5 Å². The molecule has 2 N–H and O–H groups in total. The number of carbonyl (C=O) groups excluding carboxylic acids is 1. The molecule has 2 amide bonds. The van der Waals surface area contributed by atoms with E-state index in [2.05, 4.69) is 17.2 Å². The summed E-state index contributed by atoms with van der Waals surface area (Å²) in [5, 5.41) is 12.1. The van der Waals surface area contributed by atoms with Crippen LogP contribution >= 0.6 is 0 Å². The molecule has 3 rings (SSSR count). The SMILES string of the molecule is O=C(NCC#Cc1cccc(C(F)(F)F)c1)N1CCOc2cc(O)ccc2C1. The molecule has 0 radical (unpaired) electrons. The van der Waals surface area contributed by atoms with Gasteiger partial charge in [-0.2, -0.15) is 13.2 Å². The number of urea groups is 1. The summed E-state index contributed by atoms with van der Waals surface area (Å²) < 4.78 is 43.6. The van der Waals surface area contributed by atoms with Crippen molar-refractivity contribution in [2.45, 2.75) is 12.7 Å². The predicted molar refractivity (Wildman–Crippen MR) is 95.7 cm³/mol. The second kappa shape index (κ2) is 8.13. The van der Waals surface area contributed by atoms with Crippen LogP contribution in [0.1, 0.15) is 16.7 Å². The van der Waals surface area contributed by atoms with Crippen LogP contribution in [0.2, 0.25) is 0 Å². The zero-order valence-electron chi connectivity index (χ0n) is 14.7. The average Bonchev–Trinajstić information content (AvgIpc) is 2.86. The number of hydrogen-bond donors (Lipinski definition) is 2. The van der Waals surface area contributed by atoms with Crippen molar-refractivity contribution in [3.63, 3.8) is 0 Å². The maximum atomic E-state index is 12.7. The molecule has 146 valence electrons. The number of nitrogens with one attached hydrogen (secondary N) is 1. The number of phenolic OH excluding ortho intramolecular Hbond substituents is 1. The molecule has 0 aromatic heterocycles. The number of halogens is 3. The average molecular weight is 390 g/mol. The molecule has 0 aliphatic carbocycles. The Morgan fingerprint density at radius 2 is 2.07 bits per heavy atom. The Morgan fingerprint density at radius 3 is 2.86 bits per heavy atom. The molecule has 28 heavy (non-hydrogen) atoms. The zero-order chi connectivity index (χ0) is 20.1. The predicted octanol–water partition coefficient (Wildman–Crippen LogP) is 3.37.